The Morgan fingerprint density at radius 1 is 1.17 bits per heavy atom. The number of hydrogen-bond donors (Lipinski definition) is 0. The van der Waals surface area contributed by atoms with Crippen LogP contribution in [0.2, 0.25) is 0 Å². The van der Waals surface area contributed by atoms with Crippen LogP contribution in [-0.4, -0.2) is 65.3 Å². The van der Waals surface area contributed by atoms with E-state index in [0.717, 1.165) is 50.6 Å². The van der Waals surface area contributed by atoms with Crippen LogP contribution in [-0.2, 0) is 18.3 Å². The van der Waals surface area contributed by atoms with Gasteiger partial charge in [-0.1, -0.05) is 6.42 Å². The molecule has 5 heteroatoms. The zero-order valence-electron chi connectivity index (χ0n) is 14.4. The molecule has 128 valence electrons. The van der Waals surface area contributed by atoms with E-state index in [1.165, 1.54) is 44.6 Å². The summed E-state index contributed by atoms with van der Waals surface area (Å²) < 4.78 is 7.66. The number of imidazole rings is 1. The normalized spacial score (nSPS) is 33.0. The van der Waals surface area contributed by atoms with Crippen LogP contribution in [0.1, 0.15) is 25.0 Å². The molecule has 1 aliphatic carbocycles. The minimum Gasteiger partial charge on any atom is -0.379 e. The molecule has 0 radical (unpaired) electrons. The summed E-state index contributed by atoms with van der Waals surface area (Å²) in [6.07, 6.45) is 8.23. The fourth-order valence-electron chi connectivity index (χ4n) is 4.92. The van der Waals surface area contributed by atoms with Gasteiger partial charge in [-0.15, -0.1) is 0 Å². The highest BCUT2D eigenvalue weighted by molar-refractivity contribution is 5.00. The molecule has 0 N–H and O–H groups in total. The molecule has 23 heavy (non-hydrogen) atoms. The quantitative estimate of drug-likeness (QED) is 0.844. The molecule has 0 unspecified atom stereocenters. The van der Waals surface area contributed by atoms with E-state index in [0.29, 0.717) is 0 Å². The zero-order chi connectivity index (χ0) is 15.6. The lowest BCUT2D eigenvalue weighted by Crippen LogP contribution is -2.43. The van der Waals surface area contributed by atoms with Crippen molar-refractivity contribution < 1.29 is 4.74 Å². The molecule has 3 atom stereocenters. The summed E-state index contributed by atoms with van der Waals surface area (Å²) in [5, 5.41) is 0. The van der Waals surface area contributed by atoms with Crippen LogP contribution in [0.25, 0.3) is 0 Å². The Balaban J connectivity index is 1.37. The van der Waals surface area contributed by atoms with E-state index in [1.54, 1.807) is 0 Å². The van der Waals surface area contributed by atoms with E-state index in [9.17, 15) is 0 Å². The molecule has 0 bridgehead atoms. The number of aryl methyl sites for hydroxylation is 1. The minimum absolute atomic E-state index is 0.892. The zero-order valence-corrected chi connectivity index (χ0v) is 14.4. The Morgan fingerprint density at radius 2 is 2.04 bits per heavy atom. The standard InChI is InChI=1S/C18H30N4O/c1-20-14-19-9-17(20)12-22-11-16-4-2-3-15(18(16)13-22)10-21-5-7-23-8-6-21/h9,14-16,18H,2-8,10-13H2,1H3/t15-,16+,18+/m1/s1. The molecule has 1 aromatic heterocycles. The summed E-state index contributed by atoms with van der Waals surface area (Å²) in [4.78, 5) is 9.57. The van der Waals surface area contributed by atoms with Crippen LogP contribution < -0.4 is 0 Å². The number of ether oxygens (including phenoxy) is 1. The smallest absolute Gasteiger partial charge is 0.0945 e. The molecule has 0 spiro atoms. The lowest BCUT2D eigenvalue weighted by molar-refractivity contribution is 0.0192. The molecule has 2 aliphatic heterocycles. The third-order valence-corrected chi connectivity index (χ3v) is 6.22. The highest BCUT2D eigenvalue weighted by atomic mass is 16.5. The summed E-state index contributed by atoms with van der Waals surface area (Å²) >= 11 is 0. The van der Waals surface area contributed by atoms with Crippen LogP contribution in [0.3, 0.4) is 0 Å². The van der Waals surface area contributed by atoms with Gasteiger partial charge in [-0.3, -0.25) is 9.80 Å². The number of hydrogen-bond acceptors (Lipinski definition) is 4. The number of fused-ring (bicyclic) bond motifs is 1. The number of likely N-dealkylation sites (tertiary alicyclic amines) is 1. The van der Waals surface area contributed by atoms with Crippen LogP contribution in [0, 0.1) is 17.8 Å². The van der Waals surface area contributed by atoms with Crippen molar-refractivity contribution in [1.82, 2.24) is 19.4 Å². The van der Waals surface area contributed by atoms with Crippen molar-refractivity contribution in [3.05, 3.63) is 18.2 Å². The number of morpholine rings is 1. The number of aromatic nitrogens is 2. The molecule has 2 saturated heterocycles. The van der Waals surface area contributed by atoms with Crippen LogP contribution in [0.15, 0.2) is 12.5 Å². The Hall–Kier alpha value is -0.910. The summed E-state index contributed by atoms with van der Waals surface area (Å²) in [5.74, 6) is 2.71. The molecule has 3 heterocycles. The highest BCUT2D eigenvalue weighted by Crippen LogP contribution is 2.40. The molecular weight excluding hydrogens is 288 g/mol. The Bertz CT molecular complexity index is 511. The van der Waals surface area contributed by atoms with Crippen LogP contribution in [0.4, 0.5) is 0 Å². The van der Waals surface area contributed by atoms with Crippen molar-refractivity contribution >= 4 is 0 Å². The average molecular weight is 318 g/mol. The van der Waals surface area contributed by atoms with E-state index >= 15 is 0 Å². The molecule has 3 aliphatic rings. The first-order valence-electron chi connectivity index (χ1n) is 9.27. The van der Waals surface area contributed by atoms with Crippen LogP contribution >= 0.6 is 0 Å². The SMILES string of the molecule is Cn1cncc1CN1C[C@@H]2CCC[C@H](CN3CCOCC3)[C@@H]2C1. The van der Waals surface area contributed by atoms with E-state index in [-0.39, 0.29) is 0 Å². The van der Waals surface area contributed by atoms with Gasteiger partial charge in [0.15, 0.2) is 0 Å². The molecule has 0 amide bonds. The second kappa shape index (κ2) is 6.91. The number of rotatable bonds is 4. The van der Waals surface area contributed by atoms with Gasteiger partial charge < -0.3 is 9.30 Å². The third-order valence-electron chi connectivity index (χ3n) is 6.22. The third kappa shape index (κ3) is 3.47. The van der Waals surface area contributed by atoms with Crippen molar-refractivity contribution in [2.45, 2.75) is 25.8 Å². The molecule has 4 rings (SSSR count). The van der Waals surface area contributed by atoms with Crippen molar-refractivity contribution in [3.8, 4) is 0 Å². The predicted octanol–water partition coefficient (Wildman–Crippen LogP) is 1.60. The monoisotopic (exact) mass is 318 g/mol. The summed E-state index contributed by atoms with van der Waals surface area (Å²) in [6, 6.07) is 0. The largest absolute Gasteiger partial charge is 0.379 e. The van der Waals surface area contributed by atoms with Gasteiger partial charge in [0.2, 0.25) is 0 Å². The first kappa shape index (κ1) is 15.6. The maximum Gasteiger partial charge on any atom is 0.0945 e. The Kier molecular flexibility index (Phi) is 4.69. The fraction of sp³-hybridized carbons (Fsp3) is 0.833. The van der Waals surface area contributed by atoms with Crippen molar-refractivity contribution in [1.29, 1.82) is 0 Å². The van der Waals surface area contributed by atoms with Gasteiger partial charge >= 0.3 is 0 Å². The fourth-order valence-corrected chi connectivity index (χ4v) is 4.92. The second-order valence-electron chi connectivity index (χ2n) is 7.72. The summed E-state index contributed by atoms with van der Waals surface area (Å²) in [5.41, 5.74) is 1.34. The minimum atomic E-state index is 0.892. The van der Waals surface area contributed by atoms with Gasteiger partial charge in [0.25, 0.3) is 0 Å². The van der Waals surface area contributed by atoms with E-state index in [2.05, 4.69) is 26.4 Å². The lowest BCUT2D eigenvalue weighted by atomic mass is 9.73. The van der Waals surface area contributed by atoms with Gasteiger partial charge in [0.05, 0.1) is 25.2 Å². The summed E-state index contributed by atoms with van der Waals surface area (Å²) in [7, 11) is 2.10. The average Bonchev–Trinajstić information content (AvgIpc) is 3.16. The Morgan fingerprint density at radius 3 is 2.83 bits per heavy atom. The molecule has 5 nitrogen and oxygen atoms in total. The number of nitrogens with zero attached hydrogens (tertiary/aromatic N) is 4. The van der Waals surface area contributed by atoms with E-state index in [4.69, 9.17) is 4.74 Å². The van der Waals surface area contributed by atoms with Gasteiger partial charge in [0, 0.05) is 52.5 Å². The molecule has 3 fully saturated rings. The van der Waals surface area contributed by atoms with E-state index in [1.807, 2.05) is 12.5 Å². The van der Waals surface area contributed by atoms with Crippen molar-refractivity contribution in [3.63, 3.8) is 0 Å². The molecular formula is C18H30N4O. The summed E-state index contributed by atoms with van der Waals surface area (Å²) in [6.45, 7) is 9.04. The first-order chi connectivity index (χ1) is 11.3. The van der Waals surface area contributed by atoms with Gasteiger partial charge in [-0.25, -0.2) is 4.98 Å². The predicted molar refractivity (Wildman–Crippen MR) is 90.1 cm³/mol. The molecule has 0 aromatic carbocycles. The molecule has 1 saturated carbocycles. The van der Waals surface area contributed by atoms with Crippen molar-refractivity contribution in [2.75, 3.05) is 45.9 Å². The lowest BCUT2D eigenvalue weighted by Gasteiger charge is -2.37. The van der Waals surface area contributed by atoms with Crippen LogP contribution in [0.5, 0.6) is 0 Å². The topological polar surface area (TPSA) is 33.5 Å². The van der Waals surface area contributed by atoms with Crippen molar-refractivity contribution in [2.24, 2.45) is 24.8 Å². The van der Waals surface area contributed by atoms with Gasteiger partial charge in [-0.2, -0.15) is 0 Å². The van der Waals surface area contributed by atoms with E-state index < -0.39 is 0 Å². The maximum absolute atomic E-state index is 5.50. The van der Waals surface area contributed by atoms with Gasteiger partial charge in [-0.05, 0) is 30.6 Å². The Labute approximate surface area is 139 Å². The first-order valence-corrected chi connectivity index (χ1v) is 9.27. The van der Waals surface area contributed by atoms with Gasteiger partial charge in [0.1, 0.15) is 0 Å². The maximum atomic E-state index is 5.50. The second-order valence-corrected chi connectivity index (χ2v) is 7.72. The highest BCUT2D eigenvalue weighted by Gasteiger charge is 2.40. The molecule has 1 aromatic rings.